The van der Waals surface area contributed by atoms with Gasteiger partial charge in [-0.05, 0) is 55.1 Å². The van der Waals surface area contributed by atoms with Crippen LogP contribution in [0.4, 0.5) is 5.69 Å². The van der Waals surface area contributed by atoms with E-state index in [1.165, 1.54) is 16.8 Å². The molecular weight excluding hydrogens is 312 g/mol. The minimum atomic E-state index is -0.205. The molecule has 5 nitrogen and oxygen atoms in total. The van der Waals surface area contributed by atoms with Gasteiger partial charge in [0.1, 0.15) is 6.17 Å². The molecule has 1 heterocycles. The number of hydrogen-bond donors (Lipinski definition) is 4. The number of nitrogens with zero attached hydrogens (tertiary/aromatic N) is 1. The summed E-state index contributed by atoms with van der Waals surface area (Å²) in [6.07, 6.45) is 3.74. The molecule has 0 spiro atoms. The zero-order valence-corrected chi connectivity index (χ0v) is 14.7. The molecule has 2 unspecified atom stereocenters. The summed E-state index contributed by atoms with van der Waals surface area (Å²) in [4.78, 5) is 2.39. The molecule has 4 N–H and O–H groups in total. The fourth-order valence-electron chi connectivity index (χ4n) is 3.13. The quantitative estimate of drug-likeness (QED) is 0.462. The Morgan fingerprint density at radius 1 is 1.04 bits per heavy atom. The molecular formula is C20H26N4O. The molecule has 0 radical (unpaired) electrons. The van der Waals surface area contributed by atoms with Crippen molar-refractivity contribution >= 4 is 11.8 Å². The van der Waals surface area contributed by atoms with Crippen LogP contribution in [0.5, 0.6) is 0 Å². The Morgan fingerprint density at radius 2 is 1.68 bits per heavy atom. The van der Waals surface area contributed by atoms with Crippen molar-refractivity contribution in [3.05, 3.63) is 71.4 Å². The van der Waals surface area contributed by atoms with Gasteiger partial charge in [-0.1, -0.05) is 36.4 Å². The van der Waals surface area contributed by atoms with Crippen LogP contribution in [0.15, 0.2) is 54.7 Å². The van der Waals surface area contributed by atoms with Gasteiger partial charge in [0.15, 0.2) is 0 Å². The van der Waals surface area contributed by atoms with Crippen molar-refractivity contribution < 1.29 is 5.21 Å². The first-order chi connectivity index (χ1) is 12.2. The molecule has 25 heavy (non-hydrogen) atoms. The Bertz CT molecular complexity index is 685. The fourth-order valence-corrected chi connectivity index (χ4v) is 3.13. The van der Waals surface area contributed by atoms with Gasteiger partial charge in [-0.25, -0.2) is 0 Å². The van der Waals surface area contributed by atoms with Gasteiger partial charge in [0.25, 0.3) is 0 Å². The van der Waals surface area contributed by atoms with Crippen LogP contribution in [-0.2, 0) is 13.1 Å². The molecule has 0 aliphatic carbocycles. The number of rotatable bonds is 7. The molecule has 0 fully saturated rings. The van der Waals surface area contributed by atoms with Gasteiger partial charge in [0, 0.05) is 18.8 Å². The van der Waals surface area contributed by atoms with E-state index in [-0.39, 0.29) is 12.2 Å². The lowest BCUT2D eigenvalue weighted by Crippen LogP contribution is -2.51. The summed E-state index contributed by atoms with van der Waals surface area (Å²) in [5, 5.41) is 15.3. The van der Waals surface area contributed by atoms with Gasteiger partial charge in [-0.15, -0.1) is 0 Å². The van der Waals surface area contributed by atoms with Crippen molar-refractivity contribution in [2.24, 2.45) is 0 Å². The van der Waals surface area contributed by atoms with E-state index < -0.39 is 0 Å². The molecule has 0 aromatic heterocycles. The number of nitrogens with one attached hydrogen (secondary N) is 3. The van der Waals surface area contributed by atoms with Crippen LogP contribution >= 0.6 is 0 Å². The maximum absolute atomic E-state index is 9.03. The molecule has 2 aromatic rings. The van der Waals surface area contributed by atoms with Crippen molar-refractivity contribution in [3.63, 3.8) is 0 Å². The number of fused-ring (bicyclic) bond motifs is 1. The van der Waals surface area contributed by atoms with Crippen LogP contribution in [0.2, 0.25) is 0 Å². The minimum absolute atomic E-state index is 0.0497. The van der Waals surface area contributed by atoms with Crippen LogP contribution in [0, 0.1) is 0 Å². The normalized spacial score (nSPS) is 16.0. The van der Waals surface area contributed by atoms with E-state index in [1.807, 2.05) is 19.2 Å². The first-order valence-electron chi connectivity index (χ1n) is 8.62. The third-order valence-corrected chi connectivity index (χ3v) is 4.68. The predicted octanol–water partition coefficient (Wildman–Crippen LogP) is 2.68. The van der Waals surface area contributed by atoms with Crippen LogP contribution in [0.3, 0.4) is 0 Å². The van der Waals surface area contributed by atoms with Crippen LogP contribution in [0.25, 0.3) is 6.08 Å². The lowest BCUT2D eigenvalue weighted by Gasteiger charge is -2.22. The Kier molecular flexibility index (Phi) is 5.71. The molecule has 0 saturated carbocycles. The number of benzene rings is 2. The van der Waals surface area contributed by atoms with Gasteiger partial charge in [-0.2, -0.15) is 5.48 Å². The lowest BCUT2D eigenvalue weighted by atomic mass is 10.1. The van der Waals surface area contributed by atoms with E-state index in [9.17, 15) is 0 Å². The molecule has 1 aliphatic rings. The number of anilines is 1. The molecule has 2 aromatic carbocycles. The summed E-state index contributed by atoms with van der Waals surface area (Å²) < 4.78 is 0. The molecule has 1 aliphatic heterocycles. The summed E-state index contributed by atoms with van der Waals surface area (Å²) in [7, 11) is 1.80. The molecule has 132 valence electrons. The third-order valence-electron chi connectivity index (χ3n) is 4.68. The van der Waals surface area contributed by atoms with Crippen molar-refractivity contribution in [2.45, 2.75) is 32.2 Å². The van der Waals surface area contributed by atoms with E-state index in [2.05, 4.69) is 69.5 Å². The highest BCUT2D eigenvalue weighted by molar-refractivity contribution is 5.57. The van der Waals surface area contributed by atoms with E-state index in [0.29, 0.717) is 0 Å². The summed E-state index contributed by atoms with van der Waals surface area (Å²) in [5.41, 5.74) is 7.45. The van der Waals surface area contributed by atoms with Crippen molar-refractivity contribution in [2.75, 3.05) is 11.9 Å². The molecule has 5 heteroatoms. The van der Waals surface area contributed by atoms with Crippen LogP contribution < -0.4 is 21.0 Å². The second-order valence-corrected chi connectivity index (χ2v) is 6.40. The molecule has 0 bridgehead atoms. The van der Waals surface area contributed by atoms with Crippen molar-refractivity contribution in [3.8, 4) is 0 Å². The summed E-state index contributed by atoms with van der Waals surface area (Å²) in [6.45, 7) is 3.94. The Morgan fingerprint density at radius 3 is 2.24 bits per heavy atom. The van der Waals surface area contributed by atoms with Gasteiger partial charge in [0.2, 0.25) is 0 Å². The number of hydrogen-bond acceptors (Lipinski definition) is 5. The first kappa shape index (κ1) is 17.5. The number of likely N-dealkylation sites (N-methyl/N-ethyl adjacent to an activating group) is 1. The largest absolute Gasteiger partial charge is 0.385 e. The Labute approximate surface area is 149 Å². The Balaban J connectivity index is 1.57. The number of hydroxylamine groups is 1. The highest BCUT2D eigenvalue weighted by atomic mass is 16.5. The van der Waals surface area contributed by atoms with Gasteiger partial charge >= 0.3 is 0 Å². The smallest absolute Gasteiger partial charge is 0.101 e. The monoisotopic (exact) mass is 338 g/mol. The highest BCUT2D eigenvalue weighted by Crippen LogP contribution is 2.28. The highest BCUT2D eigenvalue weighted by Gasteiger charge is 2.18. The first-order valence-corrected chi connectivity index (χ1v) is 8.62. The topological polar surface area (TPSA) is 59.6 Å². The molecule has 0 amide bonds. The summed E-state index contributed by atoms with van der Waals surface area (Å²) >= 11 is 0. The second-order valence-electron chi connectivity index (χ2n) is 6.40. The zero-order valence-electron chi connectivity index (χ0n) is 14.7. The van der Waals surface area contributed by atoms with Gasteiger partial charge in [-0.3, -0.25) is 0 Å². The lowest BCUT2D eigenvalue weighted by molar-refractivity contribution is 0.0993. The maximum Gasteiger partial charge on any atom is 0.101 e. The summed E-state index contributed by atoms with van der Waals surface area (Å²) in [6, 6.07) is 17.3. The third kappa shape index (κ3) is 4.20. The maximum atomic E-state index is 9.03. The molecule has 0 saturated heterocycles. The second kappa shape index (κ2) is 8.16. The van der Waals surface area contributed by atoms with Gasteiger partial charge < -0.3 is 20.7 Å². The van der Waals surface area contributed by atoms with E-state index in [1.54, 1.807) is 7.05 Å². The van der Waals surface area contributed by atoms with E-state index in [4.69, 9.17) is 5.21 Å². The average Bonchev–Trinajstić information content (AvgIpc) is 3.07. The van der Waals surface area contributed by atoms with Gasteiger partial charge in [0.05, 0.1) is 6.04 Å². The van der Waals surface area contributed by atoms with Crippen molar-refractivity contribution in [1.29, 1.82) is 0 Å². The molecule has 3 rings (SSSR count). The molecule has 2 atom stereocenters. The minimum Gasteiger partial charge on any atom is -0.385 e. The van der Waals surface area contributed by atoms with E-state index in [0.717, 1.165) is 18.7 Å². The zero-order chi connectivity index (χ0) is 17.6. The average molecular weight is 338 g/mol. The SMILES string of the molecule is CNC(NO)C(C)NC=Cc1ccc(N2Cc3ccccc3C2)cc1. The predicted molar refractivity (Wildman–Crippen MR) is 102 cm³/mol. The van der Waals surface area contributed by atoms with Crippen LogP contribution in [0.1, 0.15) is 23.6 Å². The standard InChI is InChI=1S/C20H26N4O/c1-15(20(21-2)23-25)22-12-11-16-7-9-19(10-8-16)24-13-17-5-3-4-6-18(17)14-24/h3-12,15,20-23,25H,13-14H2,1-2H3. The fraction of sp³-hybridized carbons (Fsp3) is 0.300. The Hall–Kier alpha value is -2.34. The van der Waals surface area contributed by atoms with Crippen molar-refractivity contribution in [1.82, 2.24) is 16.1 Å². The van der Waals surface area contributed by atoms with Crippen LogP contribution in [-0.4, -0.2) is 24.5 Å². The summed E-state index contributed by atoms with van der Waals surface area (Å²) in [5.74, 6) is 0. The van der Waals surface area contributed by atoms with E-state index >= 15 is 0 Å².